The molecule has 0 bridgehead atoms. The lowest BCUT2D eigenvalue weighted by molar-refractivity contribution is 0.413. The SMILES string of the molecule is CCCCCCCCCCCCCCCCC(C)n1ccnc1C(CCCCCC)CCCCCCCCCCCCCC. The Bertz CT molecular complexity index is 679. The molecule has 2 heteroatoms. The second-order valence-corrected chi connectivity index (χ2v) is 14.7. The summed E-state index contributed by atoms with van der Waals surface area (Å²) in [6, 6.07) is 0.588. The fourth-order valence-electron chi connectivity index (χ4n) is 7.24. The molecule has 0 aliphatic rings. The van der Waals surface area contributed by atoms with Gasteiger partial charge in [0, 0.05) is 24.4 Å². The molecule has 1 aromatic heterocycles. The molecule has 2 nitrogen and oxygen atoms in total. The normalized spacial score (nSPS) is 13.1. The third-order valence-corrected chi connectivity index (χ3v) is 10.3. The highest BCUT2D eigenvalue weighted by atomic mass is 15.1. The summed E-state index contributed by atoms with van der Waals surface area (Å²) in [4.78, 5) is 4.99. The largest absolute Gasteiger partial charge is 0.332 e. The van der Waals surface area contributed by atoms with E-state index >= 15 is 0 Å². The van der Waals surface area contributed by atoms with Gasteiger partial charge in [-0.1, -0.05) is 213 Å². The molecule has 1 rings (SSSR count). The van der Waals surface area contributed by atoms with Crippen LogP contribution in [0.3, 0.4) is 0 Å². The first kappa shape index (κ1) is 41.2. The quantitative estimate of drug-likeness (QED) is 0.0695. The molecule has 0 aromatic carbocycles. The average Bonchev–Trinajstić information content (AvgIpc) is 3.53. The lowest BCUT2D eigenvalue weighted by Crippen LogP contribution is -2.13. The van der Waals surface area contributed by atoms with Crippen LogP contribution in [0.5, 0.6) is 0 Å². The van der Waals surface area contributed by atoms with E-state index < -0.39 is 0 Å². The summed E-state index contributed by atoms with van der Waals surface area (Å²) in [5.41, 5.74) is 0. The molecule has 260 valence electrons. The van der Waals surface area contributed by atoms with E-state index in [2.05, 4.69) is 44.7 Å². The maximum atomic E-state index is 4.99. The average molecular weight is 615 g/mol. The molecule has 0 radical (unpaired) electrons. The van der Waals surface area contributed by atoms with Gasteiger partial charge in [-0.05, 0) is 26.2 Å². The monoisotopic (exact) mass is 615 g/mol. The van der Waals surface area contributed by atoms with Crippen LogP contribution < -0.4 is 0 Å². The van der Waals surface area contributed by atoms with Crippen LogP contribution in [0.1, 0.15) is 257 Å². The van der Waals surface area contributed by atoms with Crippen LogP contribution >= 0.6 is 0 Å². The fourth-order valence-corrected chi connectivity index (χ4v) is 7.24. The van der Waals surface area contributed by atoms with Crippen molar-refractivity contribution >= 4 is 0 Å². The van der Waals surface area contributed by atoms with Gasteiger partial charge in [-0.25, -0.2) is 4.98 Å². The summed E-state index contributed by atoms with van der Waals surface area (Å²) in [6.45, 7) is 9.40. The molecule has 0 N–H and O–H groups in total. The van der Waals surface area contributed by atoms with Gasteiger partial charge in [-0.15, -0.1) is 0 Å². The minimum atomic E-state index is 0.588. The van der Waals surface area contributed by atoms with Crippen molar-refractivity contribution in [3.63, 3.8) is 0 Å². The Hall–Kier alpha value is -0.790. The molecular formula is C42H82N2. The van der Waals surface area contributed by atoms with Crippen LogP contribution in [0.2, 0.25) is 0 Å². The van der Waals surface area contributed by atoms with Crippen molar-refractivity contribution in [1.29, 1.82) is 0 Å². The predicted octanol–water partition coefficient (Wildman–Crippen LogP) is 15.5. The van der Waals surface area contributed by atoms with Crippen molar-refractivity contribution in [2.24, 2.45) is 0 Å². The number of hydrogen-bond acceptors (Lipinski definition) is 1. The van der Waals surface area contributed by atoms with Gasteiger partial charge in [0.25, 0.3) is 0 Å². The zero-order chi connectivity index (χ0) is 31.8. The van der Waals surface area contributed by atoms with Crippen LogP contribution in [-0.4, -0.2) is 9.55 Å². The maximum Gasteiger partial charge on any atom is 0.111 e. The molecule has 0 aliphatic carbocycles. The first-order valence-corrected chi connectivity index (χ1v) is 20.8. The summed E-state index contributed by atoms with van der Waals surface area (Å²) in [6.07, 6.45) is 51.2. The molecule has 0 aliphatic heterocycles. The lowest BCUT2D eigenvalue weighted by atomic mass is 9.93. The summed E-state index contributed by atoms with van der Waals surface area (Å²) >= 11 is 0. The molecule has 2 unspecified atom stereocenters. The van der Waals surface area contributed by atoms with Crippen molar-refractivity contribution in [1.82, 2.24) is 9.55 Å². The Morgan fingerprint density at radius 3 is 1.09 bits per heavy atom. The number of nitrogens with zero attached hydrogens (tertiary/aromatic N) is 2. The van der Waals surface area contributed by atoms with Crippen molar-refractivity contribution in [2.45, 2.75) is 252 Å². The molecular weight excluding hydrogens is 532 g/mol. The van der Waals surface area contributed by atoms with E-state index in [1.165, 1.54) is 218 Å². The lowest BCUT2D eigenvalue weighted by Gasteiger charge is -2.22. The molecule has 0 amide bonds. The zero-order valence-corrected chi connectivity index (χ0v) is 31.0. The van der Waals surface area contributed by atoms with Crippen LogP contribution in [0, 0.1) is 0 Å². The van der Waals surface area contributed by atoms with Gasteiger partial charge in [0.15, 0.2) is 0 Å². The molecule has 1 heterocycles. The van der Waals surface area contributed by atoms with Crippen molar-refractivity contribution in [3.05, 3.63) is 18.2 Å². The summed E-state index contributed by atoms with van der Waals surface area (Å²) in [5.74, 6) is 2.06. The Labute approximate surface area is 278 Å². The number of aromatic nitrogens is 2. The van der Waals surface area contributed by atoms with E-state index in [1.54, 1.807) is 0 Å². The van der Waals surface area contributed by atoms with E-state index in [9.17, 15) is 0 Å². The minimum absolute atomic E-state index is 0.588. The van der Waals surface area contributed by atoms with E-state index in [0.717, 1.165) is 0 Å². The third kappa shape index (κ3) is 23.5. The number of imidazole rings is 1. The van der Waals surface area contributed by atoms with E-state index in [0.29, 0.717) is 12.0 Å². The highest BCUT2D eigenvalue weighted by molar-refractivity contribution is 5.02. The summed E-state index contributed by atoms with van der Waals surface area (Å²) in [5, 5.41) is 0. The van der Waals surface area contributed by atoms with E-state index in [1.807, 2.05) is 0 Å². The second kappa shape index (κ2) is 32.2. The van der Waals surface area contributed by atoms with Gasteiger partial charge in [0.1, 0.15) is 5.82 Å². The Balaban J connectivity index is 2.26. The summed E-state index contributed by atoms with van der Waals surface area (Å²) < 4.78 is 2.58. The zero-order valence-electron chi connectivity index (χ0n) is 31.0. The van der Waals surface area contributed by atoms with Crippen LogP contribution in [-0.2, 0) is 0 Å². The standard InChI is InChI=1S/C42H82N2/c1-5-8-11-14-16-18-20-22-23-24-26-28-30-32-35-40(4)44-39-38-43-42(44)41(36-33-13-10-7-3)37-34-31-29-27-25-21-19-17-15-12-9-6-2/h38-41H,5-37H2,1-4H3. The highest BCUT2D eigenvalue weighted by Gasteiger charge is 2.19. The number of rotatable bonds is 35. The van der Waals surface area contributed by atoms with Gasteiger partial charge in [0.2, 0.25) is 0 Å². The van der Waals surface area contributed by atoms with Crippen molar-refractivity contribution < 1.29 is 0 Å². The Kier molecular flexibility index (Phi) is 30.1. The van der Waals surface area contributed by atoms with Gasteiger partial charge in [-0.2, -0.15) is 0 Å². The molecule has 44 heavy (non-hydrogen) atoms. The highest BCUT2D eigenvalue weighted by Crippen LogP contribution is 2.30. The molecule has 0 fully saturated rings. The molecule has 0 saturated heterocycles. The molecule has 1 aromatic rings. The van der Waals surface area contributed by atoms with Crippen LogP contribution in [0.4, 0.5) is 0 Å². The number of unbranched alkanes of at least 4 members (excludes halogenated alkanes) is 27. The first-order chi connectivity index (χ1) is 21.7. The Morgan fingerprint density at radius 2 is 0.727 bits per heavy atom. The molecule has 0 spiro atoms. The first-order valence-electron chi connectivity index (χ1n) is 20.8. The van der Waals surface area contributed by atoms with Gasteiger partial charge >= 0.3 is 0 Å². The minimum Gasteiger partial charge on any atom is -0.332 e. The van der Waals surface area contributed by atoms with Gasteiger partial charge in [0.05, 0.1) is 0 Å². The second-order valence-electron chi connectivity index (χ2n) is 14.7. The van der Waals surface area contributed by atoms with Gasteiger partial charge < -0.3 is 4.57 Å². The van der Waals surface area contributed by atoms with Crippen LogP contribution in [0.15, 0.2) is 12.4 Å². The number of hydrogen-bond donors (Lipinski definition) is 0. The summed E-state index contributed by atoms with van der Waals surface area (Å²) in [7, 11) is 0. The van der Waals surface area contributed by atoms with E-state index in [4.69, 9.17) is 4.98 Å². The Morgan fingerprint density at radius 1 is 0.432 bits per heavy atom. The van der Waals surface area contributed by atoms with E-state index in [-0.39, 0.29) is 0 Å². The van der Waals surface area contributed by atoms with Crippen molar-refractivity contribution in [3.8, 4) is 0 Å². The fraction of sp³-hybridized carbons (Fsp3) is 0.929. The molecule has 0 saturated carbocycles. The van der Waals surface area contributed by atoms with Gasteiger partial charge in [-0.3, -0.25) is 0 Å². The maximum absolute atomic E-state index is 4.99. The van der Waals surface area contributed by atoms with Crippen LogP contribution in [0.25, 0.3) is 0 Å². The molecule has 2 atom stereocenters. The third-order valence-electron chi connectivity index (χ3n) is 10.3. The topological polar surface area (TPSA) is 17.8 Å². The smallest absolute Gasteiger partial charge is 0.111 e. The van der Waals surface area contributed by atoms with Crippen molar-refractivity contribution in [2.75, 3.05) is 0 Å². The predicted molar refractivity (Wildman–Crippen MR) is 199 cm³/mol.